The lowest BCUT2D eigenvalue weighted by atomic mass is 10.1. The van der Waals surface area contributed by atoms with Gasteiger partial charge in [-0.2, -0.15) is 0 Å². The molecule has 0 amide bonds. The summed E-state index contributed by atoms with van der Waals surface area (Å²) in [6.07, 6.45) is 0. The third-order valence-electron chi connectivity index (χ3n) is 2.91. The number of aryl methyl sites for hydroxylation is 1. The van der Waals surface area contributed by atoms with Crippen LogP contribution in [0.1, 0.15) is 17.0 Å². The van der Waals surface area contributed by atoms with Gasteiger partial charge in [0.2, 0.25) is 0 Å². The van der Waals surface area contributed by atoms with E-state index in [9.17, 15) is 13.6 Å². The summed E-state index contributed by atoms with van der Waals surface area (Å²) < 4.78 is 31.2. The molecule has 0 spiro atoms. The number of carbonyl (C=O) groups is 1. The van der Waals surface area contributed by atoms with E-state index in [4.69, 9.17) is 0 Å². The van der Waals surface area contributed by atoms with E-state index in [1.54, 1.807) is 18.2 Å². The smallest absolute Gasteiger partial charge is 0.315 e. The number of hydrogen-bond acceptors (Lipinski definition) is 2. The molecule has 0 heterocycles. The molecule has 1 aliphatic carbocycles. The molecule has 0 bridgehead atoms. The van der Waals surface area contributed by atoms with Gasteiger partial charge in [-0.1, -0.05) is 29.8 Å². The van der Waals surface area contributed by atoms with Gasteiger partial charge in [0.15, 0.2) is 0 Å². The summed E-state index contributed by atoms with van der Waals surface area (Å²) in [4.78, 5) is 11.2. The fourth-order valence-electron chi connectivity index (χ4n) is 2.03. The van der Waals surface area contributed by atoms with Gasteiger partial charge in [0, 0.05) is 0 Å². The van der Waals surface area contributed by atoms with E-state index in [2.05, 4.69) is 4.74 Å². The van der Waals surface area contributed by atoms with Crippen LogP contribution in [0.15, 0.2) is 24.3 Å². The lowest BCUT2D eigenvalue weighted by Crippen LogP contribution is -2.08. The van der Waals surface area contributed by atoms with E-state index in [-0.39, 0.29) is 0 Å². The zero-order chi connectivity index (χ0) is 11.9. The number of methoxy groups -OCH3 is 1. The molecule has 86 valence electrons. The highest BCUT2D eigenvalue weighted by molar-refractivity contribution is 5.80. The van der Waals surface area contributed by atoms with Gasteiger partial charge in [-0.3, -0.25) is 4.79 Å². The molecule has 4 heteroatoms. The Bertz CT molecular complexity index is 429. The highest BCUT2D eigenvalue weighted by atomic mass is 19.3. The SMILES string of the molecule is COC(=O)[C@@H]1[C@@H](c2cccc(C)c2)C1(F)F. The van der Waals surface area contributed by atoms with E-state index in [1.807, 2.05) is 13.0 Å². The van der Waals surface area contributed by atoms with Crippen LogP contribution < -0.4 is 0 Å². The van der Waals surface area contributed by atoms with Crippen molar-refractivity contribution in [2.75, 3.05) is 7.11 Å². The zero-order valence-corrected chi connectivity index (χ0v) is 9.04. The first kappa shape index (κ1) is 11.0. The minimum Gasteiger partial charge on any atom is -0.469 e. The Balaban J connectivity index is 2.27. The summed E-state index contributed by atoms with van der Waals surface area (Å²) in [5.74, 6) is -6.16. The topological polar surface area (TPSA) is 26.3 Å². The molecule has 0 radical (unpaired) electrons. The van der Waals surface area contributed by atoms with Crippen LogP contribution in [0, 0.1) is 12.8 Å². The Morgan fingerprint density at radius 3 is 2.69 bits per heavy atom. The van der Waals surface area contributed by atoms with Crippen molar-refractivity contribution >= 4 is 5.97 Å². The molecule has 1 aromatic rings. The molecular weight excluding hydrogens is 214 g/mol. The second-order valence-electron chi connectivity index (χ2n) is 4.07. The first-order valence-electron chi connectivity index (χ1n) is 5.00. The highest BCUT2D eigenvalue weighted by Gasteiger charge is 2.73. The summed E-state index contributed by atoms with van der Waals surface area (Å²) >= 11 is 0. The first-order valence-corrected chi connectivity index (χ1v) is 5.00. The number of benzene rings is 1. The molecule has 2 atom stereocenters. The summed E-state index contributed by atoms with van der Waals surface area (Å²) in [5, 5.41) is 0. The molecule has 0 aromatic heterocycles. The Labute approximate surface area is 92.2 Å². The third-order valence-corrected chi connectivity index (χ3v) is 2.91. The fourth-order valence-corrected chi connectivity index (χ4v) is 2.03. The van der Waals surface area contributed by atoms with Gasteiger partial charge in [-0.15, -0.1) is 0 Å². The average Bonchev–Trinajstić information content (AvgIpc) is 2.80. The molecule has 16 heavy (non-hydrogen) atoms. The van der Waals surface area contributed by atoms with Crippen molar-refractivity contribution in [3.05, 3.63) is 35.4 Å². The Morgan fingerprint density at radius 1 is 1.44 bits per heavy atom. The summed E-state index contributed by atoms with van der Waals surface area (Å²) in [6, 6.07) is 6.85. The third kappa shape index (κ3) is 1.58. The number of hydrogen-bond donors (Lipinski definition) is 0. The van der Waals surface area contributed by atoms with Crippen LogP contribution in [0.4, 0.5) is 8.78 Å². The van der Waals surface area contributed by atoms with Crippen molar-refractivity contribution in [3.8, 4) is 0 Å². The van der Waals surface area contributed by atoms with E-state index in [0.717, 1.165) is 12.7 Å². The standard InChI is InChI=1S/C12H12F2O2/c1-7-4-3-5-8(6-7)9-10(11(15)16-2)12(9,13)14/h3-6,9-10H,1-2H3/t9-,10+/m1/s1. The second-order valence-corrected chi connectivity index (χ2v) is 4.07. The largest absolute Gasteiger partial charge is 0.469 e. The van der Waals surface area contributed by atoms with E-state index in [0.29, 0.717) is 5.56 Å². The number of halogens is 2. The van der Waals surface area contributed by atoms with E-state index < -0.39 is 23.7 Å². The molecule has 0 aliphatic heterocycles. The van der Waals surface area contributed by atoms with Gasteiger partial charge in [0.05, 0.1) is 13.0 Å². The van der Waals surface area contributed by atoms with Gasteiger partial charge in [-0.05, 0) is 12.5 Å². The van der Waals surface area contributed by atoms with Crippen LogP contribution in [-0.2, 0) is 9.53 Å². The minimum absolute atomic E-state index is 0.500. The molecule has 1 aromatic carbocycles. The molecule has 0 unspecified atom stereocenters. The summed E-state index contributed by atoms with van der Waals surface area (Å²) in [5.41, 5.74) is 1.41. The van der Waals surface area contributed by atoms with Crippen molar-refractivity contribution < 1.29 is 18.3 Å². The summed E-state index contributed by atoms with van der Waals surface area (Å²) in [6.45, 7) is 1.83. The van der Waals surface area contributed by atoms with Crippen LogP contribution >= 0.6 is 0 Å². The van der Waals surface area contributed by atoms with Crippen molar-refractivity contribution in [2.24, 2.45) is 5.92 Å². The van der Waals surface area contributed by atoms with E-state index >= 15 is 0 Å². The van der Waals surface area contributed by atoms with Gasteiger partial charge in [0.1, 0.15) is 5.92 Å². The average molecular weight is 226 g/mol. The number of carbonyl (C=O) groups excluding carboxylic acids is 1. The molecule has 2 rings (SSSR count). The molecule has 1 aliphatic rings. The monoisotopic (exact) mass is 226 g/mol. The van der Waals surface area contributed by atoms with Crippen molar-refractivity contribution in [2.45, 2.75) is 18.8 Å². The Morgan fingerprint density at radius 2 is 2.12 bits per heavy atom. The quantitative estimate of drug-likeness (QED) is 0.724. The van der Waals surface area contributed by atoms with Crippen LogP contribution in [0.25, 0.3) is 0 Å². The molecular formula is C12H12F2O2. The molecule has 2 nitrogen and oxygen atoms in total. The number of alkyl halides is 2. The van der Waals surface area contributed by atoms with Crippen molar-refractivity contribution in [1.82, 2.24) is 0 Å². The van der Waals surface area contributed by atoms with E-state index in [1.165, 1.54) is 0 Å². The fraction of sp³-hybridized carbons (Fsp3) is 0.417. The number of ether oxygens (including phenoxy) is 1. The summed E-state index contributed by atoms with van der Waals surface area (Å²) in [7, 11) is 1.13. The van der Waals surface area contributed by atoms with Crippen LogP contribution in [0.3, 0.4) is 0 Å². The maximum Gasteiger partial charge on any atom is 0.315 e. The van der Waals surface area contributed by atoms with Gasteiger partial charge in [-0.25, -0.2) is 8.78 Å². The Kier molecular flexibility index (Phi) is 2.45. The van der Waals surface area contributed by atoms with Crippen LogP contribution in [0.5, 0.6) is 0 Å². The second kappa shape index (κ2) is 3.54. The van der Waals surface area contributed by atoms with Crippen molar-refractivity contribution in [1.29, 1.82) is 0 Å². The molecule has 0 saturated heterocycles. The predicted molar refractivity (Wildman–Crippen MR) is 54.4 cm³/mol. The normalized spacial score (nSPS) is 26.2. The predicted octanol–water partition coefficient (Wildman–Crippen LogP) is 2.52. The maximum absolute atomic E-state index is 13.4. The number of esters is 1. The lowest BCUT2D eigenvalue weighted by Gasteiger charge is -1.99. The van der Waals surface area contributed by atoms with Gasteiger partial charge in [0.25, 0.3) is 5.92 Å². The van der Waals surface area contributed by atoms with Crippen molar-refractivity contribution in [3.63, 3.8) is 0 Å². The van der Waals surface area contributed by atoms with Gasteiger partial charge >= 0.3 is 5.97 Å². The zero-order valence-electron chi connectivity index (χ0n) is 9.04. The minimum atomic E-state index is -2.97. The number of rotatable bonds is 2. The first-order chi connectivity index (χ1) is 7.48. The molecule has 1 saturated carbocycles. The van der Waals surface area contributed by atoms with Crippen LogP contribution in [0.2, 0.25) is 0 Å². The highest BCUT2D eigenvalue weighted by Crippen LogP contribution is 2.61. The Hall–Kier alpha value is -1.45. The van der Waals surface area contributed by atoms with Gasteiger partial charge < -0.3 is 4.74 Å². The lowest BCUT2D eigenvalue weighted by molar-refractivity contribution is -0.144. The molecule has 1 fully saturated rings. The van der Waals surface area contributed by atoms with Crippen LogP contribution in [-0.4, -0.2) is 19.0 Å². The maximum atomic E-state index is 13.4. The molecule has 0 N–H and O–H groups in total.